The molecule has 1 aliphatic heterocycles. The first kappa shape index (κ1) is 13.4. The molecule has 0 unspecified atom stereocenters. The smallest absolute Gasteiger partial charge is 0.231 e. The summed E-state index contributed by atoms with van der Waals surface area (Å²) in [4.78, 5) is 12.1. The van der Waals surface area contributed by atoms with Gasteiger partial charge < -0.3 is 14.2 Å². The lowest BCUT2D eigenvalue weighted by molar-refractivity contribution is 0.0918. The SMILES string of the molecule is Cc1cccc(OCC(=O)c2ccc3c(c2)OCO3)c1F. The molecular formula is C16H13FO4. The standard InChI is InChI=1S/C16H13FO4/c1-10-3-2-4-14(16(10)17)19-8-12(18)11-5-6-13-15(7-11)21-9-20-13/h2-7H,8-9H2,1H3. The average Bonchev–Trinajstić information content (AvgIpc) is 2.96. The van der Waals surface area contributed by atoms with Crippen LogP contribution in [0.25, 0.3) is 0 Å². The van der Waals surface area contributed by atoms with Crippen LogP contribution in [-0.2, 0) is 0 Å². The summed E-state index contributed by atoms with van der Waals surface area (Å²) < 4.78 is 29.4. The second-order valence-electron chi connectivity index (χ2n) is 4.67. The Morgan fingerprint density at radius 2 is 2.05 bits per heavy atom. The van der Waals surface area contributed by atoms with E-state index in [1.54, 1.807) is 37.3 Å². The Morgan fingerprint density at radius 1 is 1.24 bits per heavy atom. The van der Waals surface area contributed by atoms with Crippen molar-refractivity contribution in [1.29, 1.82) is 0 Å². The van der Waals surface area contributed by atoms with Crippen LogP contribution in [0.1, 0.15) is 15.9 Å². The Hall–Kier alpha value is -2.56. The number of carbonyl (C=O) groups is 1. The number of fused-ring (bicyclic) bond motifs is 1. The predicted molar refractivity (Wildman–Crippen MR) is 73.5 cm³/mol. The van der Waals surface area contributed by atoms with Crippen LogP contribution in [0.5, 0.6) is 17.2 Å². The Balaban J connectivity index is 1.71. The number of hydrogen-bond acceptors (Lipinski definition) is 4. The molecule has 2 aromatic rings. The van der Waals surface area contributed by atoms with Crippen LogP contribution in [0.4, 0.5) is 4.39 Å². The molecule has 0 radical (unpaired) electrons. The molecule has 1 aliphatic rings. The van der Waals surface area contributed by atoms with E-state index in [2.05, 4.69) is 0 Å². The highest BCUT2D eigenvalue weighted by atomic mass is 19.1. The van der Waals surface area contributed by atoms with Crippen LogP contribution in [-0.4, -0.2) is 19.2 Å². The van der Waals surface area contributed by atoms with Gasteiger partial charge in [-0.1, -0.05) is 12.1 Å². The van der Waals surface area contributed by atoms with Gasteiger partial charge in [0.05, 0.1) is 0 Å². The molecule has 0 amide bonds. The van der Waals surface area contributed by atoms with Crippen molar-refractivity contribution in [3.63, 3.8) is 0 Å². The lowest BCUT2D eigenvalue weighted by atomic mass is 10.1. The maximum atomic E-state index is 13.8. The van der Waals surface area contributed by atoms with Crippen molar-refractivity contribution in [1.82, 2.24) is 0 Å². The Kier molecular flexibility index (Phi) is 3.48. The predicted octanol–water partition coefficient (Wildman–Crippen LogP) is 3.12. The van der Waals surface area contributed by atoms with Gasteiger partial charge in [-0.2, -0.15) is 0 Å². The zero-order chi connectivity index (χ0) is 14.8. The van der Waals surface area contributed by atoms with Crippen LogP contribution in [0.15, 0.2) is 36.4 Å². The first-order valence-corrected chi connectivity index (χ1v) is 6.46. The Bertz CT molecular complexity index is 697. The molecule has 0 fully saturated rings. The first-order chi connectivity index (χ1) is 10.1. The van der Waals surface area contributed by atoms with Gasteiger partial charge in [0.25, 0.3) is 0 Å². The highest BCUT2D eigenvalue weighted by Gasteiger charge is 2.17. The van der Waals surface area contributed by atoms with Gasteiger partial charge in [-0.15, -0.1) is 0 Å². The van der Waals surface area contributed by atoms with E-state index < -0.39 is 5.82 Å². The van der Waals surface area contributed by atoms with Gasteiger partial charge in [-0.3, -0.25) is 4.79 Å². The Morgan fingerprint density at radius 3 is 2.90 bits per heavy atom. The van der Waals surface area contributed by atoms with Gasteiger partial charge in [0.1, 0.15) is 0 Å². The molecule has 0 aromatic heterocycles. The summed E-state index contributed by atoms with van der Waals surface area (Å²) in [5.41, 5.74) is 0.912. The lowest BCUT2D eigenvalue weighted by Crippen LogP contribution is -2.12. The van der Waals surface area contributed by atoms with Crippen molar-refractivity contribution in [2.45, 2.75) is 6.92 Å². The molecule has 0 saturated carbocycles. The molecule has 4 nitrogen and oxygen atoms in total. The van der Waals surface area contributed by atoms with E-state index in [-0.39, 0.29) is 24.9 Å². The highest BCUT2D eigenvalue weighted by Crippen LogP contribution is 2.32. The number of ether oxygens (including phenoxy) is 3. The van der Waals surface area contributed by atoms with Crippen LogP contribution < -0.4 is 14.2 Å². The third-order valence-corrected chi connectivity index (χ3v) is 3.21. The van der Waals surface area contributed by atoms with Crippen molar-refractivity contribution < 1.29 is 23.4 Å². The van der Waals surface area contributed by atoms with Crippen molar-refractivity contribution in [2.24, 2.45) is 0 Å². The summed E-state index contributed by atoms with van der Waals surface area (Å²) >= 11 is 0. The quantitative estimate of drug-likeness (QED) is 0.811. The fourth-order valence-corrected chi connectivity index (χ4v) is 2.03. The van der Waals surface area contributed by atoms with E-state index >= 15 is 0 Å². The van der Waals surface area contributed by atoms with Crippen LogP contribution in [0.2, 0.25) is 0 Å². The minimum atomic E-state index is -0.448. The number of carbonyl (C=O) groups excluding carboxylic acids is 1. The maximum Gasteiger partial charge on any atom is 0.231 e. The number of hydrogen-bond donors (Lipinski definition) is 0. The topological polar surface area (TPSA) is 44.8 Å². The molecule has 0 bridgehead atoms. The first-order valence-electron chi connectivity index (χ1n) is 6.46. The van der Waals surface area contributed by atoms with Gasteiger partial charge in [0.2, 0.25) is 6.79 Å². The molecule has 3 rings (SSSR count). The van der Waals surface area contributed by atoms with Crippen molar-refractivity contribution in [3.8, 4) is 17.2 Å². The van der Waals surface area contributed by atoms with E-state index in [0.717, 1.165) is 0 Å². The summed E-state index contributed by atoms with van der Waals surface area (Å²) in [5.74, 6) is 0.508. The summed E-state index contributed by atoms with van der Waals surface area (Å²) in [6, 6.07) is 9.71. The van der Waals surface area contributed by atoms with E-state index in [1.807, 2.05) is 0 Å². The highest BCUT2D eigenvalue weighted by molar-refractivity contribution is 5.97. The number of ketones is 1. The van der Waals surface area contributed by atoms with Gasteiger partial charge in [0.15, 0.2) is 35.5 Å². The maximum absolute atomic E-state index is 13.8. The molecule has 21 heavy (non-hydrogen) atoms. The van der Waals surface area contributed by atoms with Gasteiger partial charge in [-0.05, 0) is 36.8 Å². The van der Waals surface area contributed by atoms with Gasteiger partial charge in [0, 0.05) is 5.56 Å². The molecule has 0 N–H and O–H groups in total. The third kappa shape index (κ3) is 2.67. The number of halogens is 1. The zero-order valence-corrected chi connectivity index (χ0v) is 11.4. The minimum absolute atomic E-state index is 0.0732. The number of benzene rings is 2. The number of rotatable bonds is 4. The second kappa shape index (κ2) is 5.44. The van der Waals surface area contributed by atoms with Crippen LogP contribution >= 0.6 is 0 Å². The fraction of sp³-hybridized carbons (Fsp3) is 0.188. The molecule has 0 saturated heterocycles. The lowest BCUT2D eigenvalue weighted by Gasteiger charge is -2.08. The van der Waals surface area contributed by atoms with Crippen molar-refractivity contribution in [3.05, 3.63) is 53.3 Å². The number of Topliss-reactive ketones (excluding diaryl/α,β-unsaturated/α-hetero) is 1. The Labute approximate surface area is 121 Å². The van der Waals surface area contributed by atoms with E-state index in [1.165, 1.54) is 6.07 Å². The van der Waals surface area contributed by atoms with Crippen molar-refractivity contribution in [2.75, 3.05) is 13.4 Å². The molecule has 0 atom stereocenters. The molecule has 108 valence electrons. The van der Waals surface area contributed by atoms with E-state index in [0.29, 0.717) is 22.6 Å². The molecule has 2 aromatic carbocycles. The normalized spacial score (nSPS) is 12.3. The largest absolute Gasteiger partial charge is 0.482 e. The monoisotopic (exact) mass is 288 g/mol. The van der Waals surface area contributed by atoms with Crippen LogP contribution in [0.3, 0.4) is 0 Å². The number of aryl methyl sites for hydroxylation is 1. The third-order valence-electron chi connectivity index (χ3n) is 3.21. The zero-order valence-electron chi connectivity index (χ0n) is 11.4. The summed E-state index contributed by atoms with van der Waals surface area (Å²) in [6.45, 7) is 1.56. The van der Waals surface area contributed by atoms with Gasteiger partial charge in [-0.25, -0.2) is 4.39 Å². The molecule has 1 heterocycles. The summed E-state index contributed by atoms with van der Waals surface area (Å²) in [5, 5.41) is 0. The average molecular weight is 288 g/mol. The van der Waals surface area contributed by atoms with E-state index in [9.17, 15) is 9.18 Å². The molecule has 0 aliphatic carbocycles. The second-order valence-corrected chi connectivity index (χ2v) is 4.67. The molecule has 0 spiro atoms. The van der Waals surface area contributed by atoms with Gasteiger partial charge >= 0.3 is 0 Å². The van der Waals surface area contributed by atoms with Crippen molar-refractivity contribution >= 4 is 5.78 Å². The summed E-state index contributed by atoms with van der Waals surface area (Å²) in [7, 11) is 0. The fourth-order valence-electron chi connectivity index (χ4n) is 2.03. The van der Waals surface area contributed by atoms with Crippen LogP contribution in [0, 0.1) is 12.7 Å². The van der Waals surface area contributed by atoms with E-state index in [4.69, 9.17) is 14.2 Å². The summed E-state index contributed by atoms with van der Waals surface area (Å²) in [6.07, 6.45) is 0. The minimum Gasteiger partial charge on any atom is -0.482 e. The molecular weight excluding hydrogens is 275 g/mol. The molecule has 5 heteroatoms.